The first-order valence-corrected chi connectivity index (χ1v) is 6.96. The van der Waals surface area contributed by atoms with Crippen LogP contribution in [0.5, 0.6) is 5.75 Å². The molecule has 0 fully saturated rings. The number of aromatic hydroxyl groups is 1. The van der Waals surface area contributed by atoms with Crippen molar-refractivity contribution in [2.75, 3.05) is 5.32 Å². The maximum absolute atomic E-state index is 12.1. The summed E-state index contributed by atoms with van der Waals surface area (Å²) in [5.74, 6) is -0.0291. The molecule has 2 rings (SSSR count). The van der Waals surface area contributed by atoms with Gasteiger partial charge in [0.15, 0.2) is 0 Å². The molecule has 0 saturated heterocycles. The lowest BCUT2D eigenvalue weighted by Gasteiger charge is -2.14. The average Bonchev–Trinajstić information content (AvgIpc) is 2.48. The number of rotatable bonds is 5. The molecule has 0 aliphatic rings. The molecule has 0 saturated carbocycles. The van der Waals surface area contributed by atoms with E-state index in [4.69, 9.17) is 5.73 Å². The highest BCUT2D eigenvalue weighted by molar-refractivity contribution is 5.95. The molecule has 4 nitrogen and oxygen atoms in total. The summed E-state index contributed by atoms with van der Waals surface area (Å²) in [5, 5.41) is 12.2. The number of carbonyl (C=O) groups is 1. The topological polar surface area (TPSA) is 75.3 Å². The van der Waals surface area contributed by atoms with Crippen molar-refractivity contribution in [2.24, 2.45) is 5.73 Å². The predicted molar refractivity (Wildman–Crippen MR) is 84.2 cm³/mol. The van der Waals surface area contributed by atoms with Gasteiger partial charge >= 0.3 is 0 Å². The molecule has 0 unspecified atom stereocenters. The fourth-order valence-corrected chi connectivity index (χ4v) is 2.11. The number of nitrogens with two attached hydrogens (primary N) is 1. The van der Waals surface area contributed by atoms with Crippen molar-refractivity contribution in [1.29, 1.82) is 0 Å². The smallest absolute Gasteiger partial charge is 0.241 e. The van der Waals surface area contributed by atoms with Crippen LogP contribution in [0.2, 0.25) is 0 Å². The molecule has 1 amide bonds. The SMILES string of the molecule is Cc1cc(O)ccc1NC(=O)[C@@H](N)CCc1ccccc1. The Kier molecular flexibility index (Phi) is 4.95. The Hall–Kier alpha value is -2.33. The van der Waals surface area contributed by atoms with Gasteiger partial charge in [-0.05, 0) is 49.1 Å². The summed E-state index contributed by atoms with van der Waals surface area (Å²) in [6, 6.07) is 14.2. The first kappa shape index (κ1) is 15.1. The molecule has 21 heavy (non-hydrogen) atoms. The van der Waals surface area contributed by atoms with Gasteiger partial charge in [0.2, 0.25) is 5.91 Å². The summed E-state index contributed by atoms with van der Waals surface area (Å²) >= 11 is 0. The molecule has 0 spiro atoms. The zero-order valence-electron chi connectivity index (χ0n) is 12.0. The molecule has 0 radical (unpaired) electrons. The quantitative estimate of drug-likeness (QED) is 0.739. The second-order valence-electron chi connectivity index (χ2n) is 5.12. The maximum Gasteiger partial charge on any atom is 0.241 e. The Morgan fingerprint density at radius 2 is 1.95 bits per heavy atom. The molecule has 1 atom stereocenters. The van der Waals surface area contributed by atoms with Crippen LogP contribution in [-0.4, -0.2) is 17.1 Å². The first-order valence-electron chi connectivity index (χ1n) is 6.96. The van der Waals surface area contributed by atoms with Crippen LogP contribution < -0.4 is 11.1 Å². The van der Waals surface area contributed by atoms with Crippen LogP contribution in [0.15, 0.2) is 48.5 Å². The monoisotopic (exact) mass is 284 g/mol. The molecule has 0 aliphatic carbocycles. The van der Waals surface area contributed by atoms with Crippen molar-refractivity contribution in [3.8, 4) is 5.75 Å². The van der Waals surface area contributed by atoms with Gasteiger partial charge in [-0.1, -0.05) is 30.3 Å². The molecule has 2 aromatic carbocycles. The molecule has 0 bridgehead atoms. The van der Waals surface area contributed by atoms with Crippen molar-refractivity contribution in [3.63, 3.8) is 0 Å². The standard InChI is InChI=1S/C17H20N2O2/c1-12-11-14(20)8-10-16(12)19-17(21)15(18)9-7-13-5-3-2-4-6-13/h2-6,8,10-11,15,20H,7,9,18H2,1H3,(H,19,21)/t15-/m0/s1. The summed E-state index contributed by atoms with van der Waals surface area (Å²) in [7, 11) is 0. The van der Waals surface area contributed by atoms with Gasteiger partial charge in [-0.3, -0.25) is 4.79 Å². The highest BCUT2D eigenvalue weighted by Gasteiger charge is 2.14. The van der Waals surface area contributed by atoms with Gasteiger partial charge in [-0.15, -0.1) is 0 Å². The third-order valence-electron chi connectivity index (χ3n) is 3.39. The third-order valence-corrected chi connectivity index (χ3v) is 3.39. The average molecular weight is 284 g/mol. The highest BCUT2D eigenvalue weighted by Crippen LogP contribution is 2.20. The number of carbonyl (C=O) groups excluding carboxylic acids is 1. The zero-order chi connectivity index (χ0) is 15.2. The van der Waals surface area contributed by atoms with E-state index in [9.17, 15) is 9.90 Å². The van der Waals surface area contributed by atoms with E-state index in [1.54, 1.807) is 12.1 Å². The zero-order valence-corrected chi connectivity index (χ0v) is 12.0. The number of amides is 1. The van der Waals surface area contributed by atoms with Crippen LogP contribution >= 0.6 is 0 Å². The number of phenolic OH excluding ortho intramolecular Hbond substituents is 1. The van der Waals surface area contributed by atoms with Crippen molar-refractivity contribution in [1.82, 2.24) is 0 Å². The molecular weight excluding hydrogens is 264 g/mol. The van der Waals surface area contributed by atoms with Crippen LogP contribution in [0.25, 0.3) is 0 Å². The number of nitrogens with one attached hydrogen (secondary N) is 1. The summed E-state index contributed by atoms with van der Waals surface area (Å²) in [6.07, 6.45) is 1.36. The fraction of sp³-hybridized carbons (Fsp3) is 0.235. The number of aryl methyl sites for hydroxylation is 2. The normalized spacial score (nSPS) is 11.9. The Morgan fingerprint density at radius 3 is 2.62 bits per heavy atom. The van der Waals surface area contributed by atoms with E-state index in [0.29, 0.717) is 12.1 Å². The highest BCUT2D eigenvalue weighted by atomic mass is 16.3. The number of hydrogen-bond donors (Lipinski definition) is 3. The molecule has 110 valence electrons. The van der Waals surface area contributed by atoms with Gasteiger partial charge in [-0.25, -0.2) is 0 Å². The molecule has 4 N–H and O–H groups in total. The Bertz CT molecular complexity index is 611. The van der Waals surface area contributed by atoms with Crippen molar-refractivity contribution < 1.29 is 9.90 Å². The lowest BCUT2D eigenvalue weighted by molar-refractivity contribution is -0.117. The van der Waals surface area contributed by atoms with Gasteiger partial charge in [0.1, 0.15) is 5.75 Å². The van der Waals surface area contributed by atoms with E-state index in [0.717, 1.165) is 12.0 Å². The number of anilines is 1. The Labute approximate surface area is 124 Å². The van der Waals surface area contributed by atoms with Crippen LogP contribution in [0.3, 0.4) is 0 Å². The Morgan fingerprint density at radius 1 is 1.24 bits per heavy atom. The minimum atomic E-state index is -0.557. The van der Waals surface area contributed by atoms with Crippen LogP contribution in [0.4, 0.5) is 5.69 Å². The molecule has 4 heteroatoms. The maximum atomic E-state index is 12.1. The van der Waals surface area contributed by atoms with Crippen LogP contribution in [0.1, 0.15) is 17.5 Å². The summed E-state index contributed by atoms with van der Waals surface area (Å²) in [4.78, 5) is 12.1. The minimum Gasteiger partial charge on any atom is -0.508 e. The fourth-order valence-electron chi connectivity index (χ4n) is 2.11. The van der Waals surface area contributed by atoms with Gasteiger partial charge in [0.05, 0.1) is 6.04 Å². The third kappa shape index (κ3) is 4.33. The number of hydrogen-bond acceptors (Lipinski definition) is 3. The van der Waals surface area contributed by atoms with E-state index in [1.807, 2.05) is 37.3 Å². The van der Waals surface area contributed by atoms with Gasteiger partial charge in [0.25, 0.3) is 0 Å². The summed E-state index contributed by atoms with van der Waals surface area (Å²) < 4.78 is 0. The molecule has 0 aliphatic heterocycles. The predicted octanol–water partition coefficient (Wildman–Crippen LogP) is 2.60. The molecular formula is C17H20N2O2. The van der Waals surface area contributed by atoms with Crippen molar-refractivity contribution in [2.45, 2.75) is 25.8 Å². The van der Waals surface area contributed by atoms with Crippen molar-refractivity contribution in [3.05, 3.63) is 59.7 Å². The van der Waals surface area contributed by atoms with E-state index in [2.05, 4.69) is 5.32 Å². The second kappa shape index (κ2) is 6.90. The van der Waals surface area contributed by atoms with Gasteiger partial charge in [-0.2, -0.15) is 0 Å². The lowest BCUT2D eigenvalue weighted by Crippen LogP contribution is -2.36. The van der Waals surface area contributed by atoms with Crippen LogP contribution in [-0.2, 0) is 11.2 Å². The minimum absolute atomic E-state index is 0.180. The summed E-state index contributed by atoms with van der Waals surface area (Å²) in [6.45, 7) is 1.82. The largest absolute Gasteiger partial charge is 0.508 e. The number of benzene rings is 2. The summed E-state index contributed by atoms with van der Waals surface area (Å²) in [5.41, 5.74) is 8.58. The first-order chi connectivity index (χ1) is 10.1. The lowest BCUT2D eigenvalue weighted by atomic mass is 10.1. The van der Waals surface area contributed by atoms with Gasteiger partial charge in [0, 0.05) is 5.69 Å². The Balaban J connectivity index is 1.90. The van der Waals surface area contributed by atoms with E-state index in [1.165, 1.54) is 11.6 Å². The second-order valence-corrected chi connectivity index (χ2v) is 5.12. The van der Waals surface area contributed by atoms with Gasteiger partial charge < -0.3 is 16.2 Å². The number of phenols is 1. The van der Waals surface area contributed by atoms with E-state index >= 15 is 0 Å². The molecule has 0 heterocycles. The molecule has 0 aromatic heterocycles. The van der Waals surface area contributed by atoms with Crippen LogP contribution in [0, 0.1) is 6.92 Å². The van der Waals surface area contributed by atoms with E-state index < -0.39 is 6.04 Å². The molecule has 2 aromatic rings. The van der Waals surface area contributed by atoms with E-state index in [-0.39, 0.29) is 11.7 Å². The van der Waals surface area contributed by atoms with Crippen molar-refractivity contribution >= 4 is 11.6 Å².